The minimum Gasteiger partial charge on any atom is -0.480 e. The van der Waals surface area contributed by atoms with Crippen LogP contribution in [0.25, 0.3) is 0 Å². The van der Waals surface area contributed by atoms with E-state index in [9.17, 15) is 19.1 Å². The van der Waals surface area contributed by atoms with E-state index in [4.69, 9.17) is 11.6 Å². The van der Waals surface area contributed by atoms with Gasteiger partial charge in [0.15, 0.2) is 0 Å². The molecule has 1 atom stereocenters. The average molecular weight is 286 g/mol. The Morgan fingerprint density at radius 1 is 1.47 bits per heavy atom. The van der Waals surface area contributed by atoms with E-state index in [1.807, 2.05) is 0 Å². The lowest BCUT2D eigenvalue weighted by atomic mass is 9.95. The molecule has 0 saturated heterocycles. The number of carbonyl (C=O) groups is 2. The number of hydrogen-bond acceptors (Lipinski definition) is 2. The van der Waals surface area contributed by atoms with Crippen LogP contribution in [0.15, 0.2) is 18.2 Å². The number of nitrogens with one attached hydrogen (secondary N) is 1. The molecule has 1 aromatic rings. The summed E-state index contributed by atoms with van der Waals surface area (Å²) in [7, 11) is 0. The van der Waals surface area contributed by atoms with E-state index >= 15 is 0 Å². The molecular formula is C13H13ClFNO3. The van der Waals surface area contributed by atoms with Crippen molar-refractivity contribution < 1.29 is 19.1 Å². The van der Waals surface area contributed by atoms with Gasteiger partial charge >= 0.3 is 5.97 Å². The van der Waals surface area contributed by atoms with Crippen LogP contribution in [0.4, 0.5) is 4.39 Å². The van der Waals surface area contributed by atoms with Gasteiger partial charge in [-0.15, -0.1) is 0 Å². The monoisotopic (exact) mass is 285 g/mol. The van der Waals surface area contributed by atoms with Crippen molar-refractivity contribution in [2.24, 2.45) is 5.92 Å². The molecule has 1 fully saturated rings. The van der Waals surface area contributed by atoms with E-state index < -0.39 is 23.2 Å². The second-order valence-electron chi connectivity index (χ2n) is 4.86. The van der Waals surface area contributed by atoms with Gasteiger partial charge in [0.25, 0.3) is 5.91 Å². The third kappa shape index (κ3) is 2.71. The third-order valence-electron chi connectivity index (χ3n) is 3.39. The van der Waals surface area contributed by atoms with E-state index in [2.05, 4.69) is 5.32 Å². The van der Waals surface area contributed by atoms with Gasteiger partial charge in [-0.2, -0.15) is 0 Å². The molecular weight excluding hydrogens is 273 g/mol. The first kappa shape index (κ1) is 13.8. The molecule has 0 aromatic heterocycles. The molecule has 2 rings (SSSR count). The molecule has 19 heavy (non-hydrogen) atoms. The van der Waals surface area contributed by atoms with Crippen LogP contribution in [0.2, 0.25) is 5.02 Å². The van der Waals surface area contributed by atoms with Crippen molar-refractivity contribution in [1.82, 2.24) is 5.32 Å². The van der Waals surface area contributed by atoms with Crippen LogP contribution < -0.4 is 5.32 Å². The summed E-state index contributed by atoms with van der Waals surface area (Å²) in [4.78, 5) is 23.3. The van der Waals surface area contributed by atoms with Crippen molar-refractivity contribution in [3.63, 3.8) is 0 Å². The van der Waals surface area contributed by atoms with Gasteiger partial charge in [-0.1, -0.05) is 11.6 Å². The zero-order chi connectivity index (χ0) is 14.2. The summed E-state index contributed by atoms with van der Waals surface area (Å²) in [6.07, 6.45) is 1.52. The molecule has 1 aliphatic carbocycles. The number of carboxylic acid groups (broad SMARTS) is 1. The fourth-order valence-corrected chi connectivity index (χ4v) is 2.05. The SMILES string of the molecule is CC(NC(=O)c1ccc(Cl)c(F)c1)(C(=O)O)C1CC1. The maximum atomic E-state index is 13.3. The number of carboxylic acids is 1. The Morgan fingerprint density at radius 3 is 2.58 bits per heavy atom. The summed E-state index contributed by atoms with van der Waals surface area (Å²) < 4.78 is 13.3. The van der Waals surface area contributed by atoms with Gasteiger partial charge in [0.1, 0.15) is 11.4 Å². The number of carbonyl (C=O) groups excluding carboxylic acids is 1. The summed E-state index contributed by atoms with van der Waals surface area (Å²) in [6, 6.07) is 3.61. The highest BCUT2D eigenvalue weighted by Crippen LogP contribution is 2.39. The number of amides is 1. The van der Waals surface area contributed by atoms with E-state index in [0.29, 0.717) is 0 Å². The molecule has 1 unspecified atom stereocenters. The lowest BCUT2D eigenvalue weighted by Crippen LogP contribution is -2.54. The summed E-state index contributed by atoms with van der Waals surface area (Å²) in [5, 5.41) is 11.6. The van der Waals surface area contributed by atoms with E-state index in [0.717, 1.165) is 18.9 Å². The minimum atomic E-state index is -1.31. The standard InChI is InChI=1S/C13H13ClFNO3/c1-13(12(18)19,8-3-4-8)16-11(17)7-2-5-9(14)10(15)6-7/h2,5-6,8H,3-4H2,1H3,(H,16,17)(H,18,19). The second-order valence-corrected chi connectivity index (χ2v) is 5.27. The van der Waals surface area contributed by atoms with Crippen molar-refractivity contribution in [3.8, 4) is 0 Å². The zero-order valence-electron chi connectivity index (χ0n) is 10.2. The predicted octanol–water partition coefficient (Wildman–Crippen LogP) is 2.46. The normalized spacial score (nSPS) is 17.6. The molecule has 4 nitrogen and oxygen atoms in total. The molecule has 6 heteroatoms. The van der Waals surface area contributed by atoms with Crippen molar-refractivity contribution in [2.45, 2.75) is 25.3 Å². The van der Waals surface area contributed by atoms with Gasteiger partial charge in [-0.05, 0) is 43.9 Å². The molecule has 0 heterocycles. The Kier molecular flexibility index (Phi) is 3.49. The summed E-state index contributed by atoms with van der Waals surface area (Å²) in [6.45, 7) is 1.47. The van der Waals surface area contributed by atoms with E-state index in [1.54, 1.807) is 0 Å². The second kappa shape index (κ2) is 4.81. The lowest BCUT2D eigenvalue weighted by molar-refractivity contribution is -0.144. The van der Waals surface area contributed by atoms with Gasteiger partial charge < -0.3 is 10.4 Å². The molecule has 0 spiro atoms. The van der Waals surface area contributed by atoms with Gasteiger partial charge in [-0.25, -0.2) is 9.18 Å². The van der Waals surface area contributed by atoms with Crippen LogP contribution in [0.3, 0.4) is 0 Å². The Bertz CT molecular complexity index is 545. The fourth-order valence-electron chi connectivity index (χ4n) is 1.94. The molecule has 1 amide bonds. The van der Waals surface area contributed by atoms with Crippen LogP contribution in [-0.4, -0.2) is 22.5 Å². The number of halogens is 2. The lowest BCUT2D eigenvalue weighted by Gasteiger charge is -2.26. The van der Waals surface area contributed by atoms with Gasteiger partial charge in [0.05, 0.1) is 5.02 Å². The smallest absolute Gasteiger partial charge is 0.329 e. The van der Waals surface area contributed by atoms with Crippen molar-refractivity contribution >= 4 is 23.5 Å². The Labute approximate surface area is 114 Å². The third-order valence-corrected chi connectivity index (χ3v) is 3.70. The van der Waals surface area contributed by atoms with Crippen molar-refractivity contribution in [1.29, 1.82) is 0 Å². The van der Waals surface area contributed by atoms with Crippen LogP contribution in [0.5, 0.6) is 0 Å². The minimum absolute atomic E-state index is 0.0509. The highest BCUT2D eigenvalue weighted by Gasteiger charge is 2.48. The fraction of sp³-hybridized carbons (Fsp3) is 0.385. The summed E-state index contributed by atoms with van der Waals surface area (Å²) in [5.74, 6) is -2.49. The van der Waals surface area contributed by atoms with Gasteiger partial charge in [-0.3, -0.25) is 4.79 Å². The molecule has 1 aliphatic rings. The first-order valence-electron chi connectivity index (χ1n) is 5.85. The van der Waals surface area contributed by atoms with Gasteiger partial charge in [0, 0.05) is 5.56 Å². The Hall–Kier alpha value is -1.62. The van der Waals surface area contributed by atoms with Gasteiger partial charge in [0.2, 0.25) is 0 Å². The molecule has 0 aliphatic heterocycles. The first-order valence-corrected chi connectivity index (χ1v) is 6.23. The highest BCUT2D eigenvalue weighted by atomic mass is 35.5. The molecule has 2 N–H and O–H groups in total. The molecule has 1 aromatic carbocycles. The van der Waals surface area contributed by atoms with Crippen LogP contribution >= 0.6 is 11.6 Å². The zero-order valence-corrected chi connectivity index (χ0v) is 11.0. The topological polar surface area (TPSA) is 66.4 Å². The maximum Gasteiger partial charge on any atom is 0.329 e. The van der Waals surface area contributed by atoms with Crippen molar-refractivity contribution in [2.75, 3.05) is 0 Å². The molecule has 0 radical (unpaired) electrons. The van der Waals surface area contributed by atoms with Crippen LogP contribution in [0, 0.1) is 11.7 Å². The maximum absolute atomic E-state index is 13.3. The number of rotatable bonds is 4. The largest absolute Gasteiger partial charge is 0.480 e. The molecule has 0 bridgehead atoms. The quantitative estimate of drug-likeness (QED) is 0.893. The summed E-state index contributed by atoms with van der Waals surface area (Å²) >= 11 is 5.53. The molecule has 1 saturated carbocycles. The number of aliphatic carboxylic acids is 1. The Balaban J connectivity index is 2.20. The van der Waals surface area contributed by atoms with Crippen LogP contribution in [-0.2, 0) is 4.79 Å². The predicted molar refractivity (Wildman–Crippen MR) is 67.6 cm³/mol. The van der Waals surface area contributed by atoms with Crippen LogP contribution in [0.1, 0.15) is 30.1 Å². The number of benzene rings is 1. The summed E-state index contributed by atoms with van der Waals surface area (Å²) in [5.41, 5.74) is -1.26. The number of hydrogen-bond donors (Lipinski definition) is 2. The highest BCUT2D eigenvalue weighted by molar-refractivity contribution is 6.30. The first-order chi connectivity index (χ1) is 8.84. The van der Waals surface area contributed by atoms with E-state index in [1.165, 1.54) is 19.1 Å². The average Bonchev–Trinajstić information content (AvgIpc) is 3.16. The van der Waals surface area contributed by atoms with Crippen molar-refractivity contribution in [3.05, 3.63) is 34.6 Å². The Morgan fingerprint density at radius 2 is 2.11 bits per heavy atom. The van der Waals surface area contributed by atoms with E-state index in [-0.39, 0.29) is 16.5 Å². The molecule has 102 valence electrons.